The van der Waals surface area contributed by atoms with Crippen molar-refractivity contribution in [1.82, 2.24) is 10.2 Å². The van der Waals surface area contributed by atoms with Gasteiger partial charge in [0.05, 0.1) is 18.5 Å². The smallest absolute Gasteiger partial charge is 0.312 e. The third-order valence-electron chi connectivity index (χ3n) is 4.30. The molecule has 0 aromatic heterocycles. The van der Waals surface area contributed by atoms with Gasteiger partial charge in [0.25, 0.3) is 0 Å². The van der Waals surface area contributed by atoms with Gasteiger partial charge in [-0.2, -0.15) is 0 Å². The highest BCUT2D eigenvalue weighted by Crippen LogP contribution is 2.24. The quantitative estimate of drug-likeness (QED) is 0.828. The van der Waals surface area contributed by atoms with Crippen molar-refractivity contribution in [1.29, 1.82) is 0 Å². The van der Waals surface area contributed by atoms with E-state index in [4.69, 9.17) is 5.73 Å². The van der Waals surface area contributed by atoms with E-state index in [2.05, 4.69) is 5.32 Å². The zero-order chi connectivity index (χ0) is 19.3. The first-order valence-electron chi connectivity index (χ1n) is 8.11. The second kappa shape index (κ2) is 8.42. The second-order valence-corrected chi connectivity index (χ2v) is 6.03. The number of urea groups is 1. The summed E-state index contributed by atoms with van der Waals surface area (Å²) in [5.74, 6) is -2.18. The number of nitrogens with two attached hydrogens (primary N) is 1. The van der Waals surface area contributed by atoms with Crippen LogP contribution in [0.2, 0.25) is 0 Å². The van der Waals surface area contributed by atoms with Gasteiger partial charge in [0, 0.05) is 7.05 Å². The molecule has 7 heteroatoms. The minimum absolute atomic E-state index is 0.0164. The van der Waals surface area contributed by atoms with Crippen LogP contribution in [0, 0.1) is 11.6 Å². The molecule has 5 nitrogen and oxygen atoms in total. The molecule has 2 rings (SSSR count). The molecular formula is C19H21F2N3O2. The molecule has 2 aromatic rings. The Morgan fingerprint density at radius 1 is 1.08 bits per heavy atom. The first-order valence-corrected chi connectivity index (χ1v) is 8.11. The van der Waals surface area contributed by atoms with Crippen molar-refractivity contribution < 1.29 is 18.4 Å². The van der Waals surface area contributed by atoms with Gasteiger partial charge >= 0.3 is 6.03 Å². The third-order valence-corrected chi connectivity index (χ3v) is 4.30. The Bertz CT molecular complexity index is 784. The number of nitrogens with one attached hydrogen (secondary N) is 1. The average molecular weight is 361 g/mol. The van der Waals surface area contributed by atoms with Gasteiger partial charge in [-0.05, 0) is 30.2 Å². The Balaban J connectivity index is 2.14. The standard InChI is InChI=1S/C19H21F2N3O2/c1-12(14-8-9-15(20)16(21)10-14)24(2)18(25)11-17(23-19(22)26)13-6-4-3-5-7-13/h3-10,12,17H,11H2,1-2H3,(H3,22,23,26)/t12-,17-/m0/s1. The number of amides is 3. The van der Waals surface area contributed by atoms with E-state index in [0.717, 1.165) is 17.7 Å². The van der Waals surface area contributed by atoms with E-state index in [9.17, 15) is 18.4 Å². The predicted octanol–water partition coefficient (Wildman–Crippen LogP) is 3.28. The fourth-order valence-electron chi connectivity index (χ4n) is 2.64. The van der Waals surface area contributed by atoms with Gasteiger partial charge in [-0.25, -0.2) is 13.6 Å². The lowest BCUT2D eigenvalue weighted by molar-refractivity contribution is -0.132. The van der Waals surface area contributed by atoms with Crippen molar-refractivity contribution in [3.63, 3.8) is 0 Å². The van der Waals surface area contributed by atoms with E-state index in [1.807, 2.05) is 6.07 Å². The topological polar surface area (TPSA) is 75.4 Å². The summed E-state index contributed by atoms with van der Waals surface area (Å²) in [7, 11) is 1.57. The van der Waals surface area contributed by atoms with Crippen molar-refractivity contribution in [3.8, 4) is 0 Å². The van der Waals surface area contributed by atoms with Gasteiger partial charge in [-0.3, -0.25) is 4.79 Å². The summed E-state index contributed by atoms with van der Waals surface area (Å²) < 4.78 is 26.5. The van der Waals surface area contributed by atoms with Crippen molar-refractivity contribution in [2.45, 2.75) is 25.4 Å². The second-order valence-electron chi connectivity index (χ2n) is 6.03. The Morgan fingerprint density at radius 3 is 2.31 bits per heavy atom. The highest BCUT2D eigenvalue weighted by molar-refractivity contribution is 5.79. The lowest BCUT2D eigenvalue weighted by atomic mass is 10.0. The molecule has 0 fully saturated rings. The van der Waals surface area contributed by atoms with E-state index in [1.165, 1.54) is 11.0 Å². The van der Waals surface area contributed by atoms with Crippen LogP contribution in [0.4, 0.5) is 13.6 Å². The Morgan fingerprint density at radius 2 is 1.73 bits per heavy atom. The summed E-state index contributed by atoms with van der Waals surface area (Å²) in [6.45, 7) is 1.71. The number of carbonyl (C=O) groups excluding carboxylic acids is 2. The molecule has 0 unspecified atom stereocenters. The maximum atomic E-state index is 13.4. The van der Waals surface area contributed by atoms with Crippen LogP contribution in [0.3, 0.4) is 0 Å². The number of nitrogens with zero attached hydrogens (tertiary/aromatic N) is 1. The van der Waals surface area contributed by atoms with Crippen LogP contribution in [0.1, 0.15) is 36.6 Å². The minimum atomic E-state index is -0.965. The number of hydrogen-bond donors (Lipinski definition) is 2. The maximum absolute atomic E-state index is 13.4. The van der Waals surface area contributed by atoms with Crippen molar-refractivity contribution in [2.24, 2.45) is 5.73 Å². The molecule has 2 atom stereocenters. The van der Waals surface area contributed by atoms with Crippen LogP contribution in [0.5, 0.6) is 0 Å². The molecule has 3 amide bonds. The SMILES string of the molecule is C[C@@H](c1ccc(F)c(F)c1)N(C)C(=O)C[C@H](NC(N)=O)c1ccccc1. The molecule has 0 bridgehead atoms. The third kappa shape index (κ3) is 4.78. The summed E-state index contributed by atoms with van der Waals surface area (Å²) in [5.41, 5.74) is 6.43. The van der Waals surface area contributed by atoms with Gasteiger partial charge in [0.1, 0.15) is 0 Å². The lowest BCUT2D eigenvalue weighted by Crippen LogP contribution is -2.38. The van der Waals surface area contributed by atoms with Crippen LogP contribution >= 0.6 is 0 Å². The molecule has 0 spiro atoms. The van der Waals surface area contributed by atoms with E-state index < -0.39 is 29.7 Å². The summed E-state index contributed by atoms with van der Waals surface area (Å²) in [4.78, 5) is 25.3. The number of carbonyl (C=O) groups is 2. The van der Waals surface area contributed by atoms with E-state index in [1.54, 1.807) is 38.2 Å². The van der Waals surface area contributed by atoms with Crippen LogP contribution in [-0.2, 0) is 4.79 Å². The minimum Gasteiger partial charge on any atom is -0.352 e. The highest BCUT2D eigenvalue weighted by atomic mass is 19.2. The molecule has 0 heterocycles. The Hall–Kier alpha value is -2.96. The van der Waals surface area contributed by atoms with Gasteiger partial charge in [-0.1, -0.05) is 36.4 Å². The molecule has 138 valence electrons. The van der Waals surface area contributed by atoms with Crippen LogP contribution in [0.25, 0.3) is 0 Å². The molecule has 3 N–H and O–H groups in total. The van der Waals surface area contributed by atoms with Crippen LogP contribution in [-0.4, -0.2) is 23.9 Å². The first kappa shape index (κ1) is 19.4. The van der Waals surface area contributed by atoms with E-state index in [0.29, 0.717) is 5.56 Å². The predicted molar refractivity (Wildman–Crippen MR) is 94.1 cm³/mol. The summed E-state index contributed by atoms with van der Waals surface area (Å²) in [5, 5.41) is 2.56. The fourth-order valence-corrected chi connectivity index (χ4v) is 2.64. The molecule has 0 aliphatic rings. The Kier molecular flexibility index (Phi) is 6.27. The van der Waals surface area contributed by atoms with Gasteiger partial charge in [0.15, 0.2) is 11.6 Å². The number of primary amides is 1. The zero-order valence-electron chi connectivity index (χ0n) is 14.6. The van der Waals surface area contributed by atoms with Crippen LogP contribution < -0.4 is 11.1 Å². The van der Waals surface area contributed by atoms with E-state index in [-0.39, 0.29) is 12.3 Å². The number of benzene rings is 2. The lowest BCUT2D eigenvalue weighted by Gasteiger charge is -2.27. The molecule has 0 saturated carbocycles. The monoisotopic (exact) mass is 361 g/mol. The summed E-state index contributed by atoms with van der Waals surface area (Å²) in [6, 6.07) is 10.7. The maximum Gasteiger partial charge on any atom is 0.312 e. The van der Waals surface area contributed by atoms with Crippen LogP contribution in [0.15, 0.2) is 48.5 Å². The number of halogens is 2. The number of hydrogen-bond acceptors (Lipinski definition) is 2. The average Bonchev–Trinajstić information content (AvgIpc) is 2.62. The molecule has 0 aliphatic carbocycles. The van der Waals surface area contributed by atoms with Crippen molar-refractivity contribution in [3.05, 3.63) is 71.3 Å². The summed E-state index contributed by atoms with van der Waals surface area (Å²) >= 11 is 0. The van der Waals surface area contributed by atoms with Crippen molar-refractivity contribution in [2.75, 3.05) is 7.05 Å². The molecule has 0 aliphatic heterocycles. The highest BCUT2D eigenvalue weighted by Gasteiger charge is 2.23. The first-order chi connectivity index (χ1) is 12.3. The van der Waals surface area contributed by atoms with Gasteiger partial charge in [-0.15, -0.1) is 0 Å². The molecule has 0 radical (unpaired) electrons. The molecule has 26 heavy (non-hydrogen) atoms. The molecule has 0 saturated heterocycles. The van der Waals surface area contributed by atoms with E-state index >= 15 is 0 Å². The van der Waals surface area contributed by atoms with Gasteiger partial charge < -0.3 is 16.0 Å². The summed E-state index contributed by atoms with van der Waals surface area (Å²) in [6.07, 6.45) is -0.0164. The largest absolute Gasteiger partial charge is 0.352 e. The Labute approximate surface area is 150 Å². The fraction of sp³-hybridized carbons (Fsp3) is 0.263. The molecule has 2 aromatic carbocycles. The van der Waals surface area contributed by atoms with Crippen molar-refractivity contribution >= 4 is 11.9 Å². The zero-order valence-corrected chi connectivity index (χ0v) is 14.6. The normalized spacial score (nSPS) is 12.9. The van der Waals surface area contributed by atoms with Gasteiger partial charge in [0.2, 0.25) is 5.91 Å². The molecular weight excluding hydrogens is 340 g/mol. The number of rotatable bonds is 6.